The van der Waals surface area contributed by atoms with Gasteiger partial charge < -0.3 is 4.90 Å². The number of benzene rings is 1. The summed E-state index contributed by atoms with van der Waals surface area (Å²) < 4.78 is 1.94. The SMILES string of the molecule is CN(Cc1cccs1)C1CCc2c(c(C(=O)N3CCc4ccccc4C3)nn2C)C1. The Morgan fingerprint density at radius 2 is 2.03 bits per heavy atom. The predicted octanol–water partition coefficient (Wildman–Crippen LogP) is 3.67. The molecule has 156 valence electrons. The lowest BCUT2D eigenvalue weighted by atomic mass is 9.90. The van der Waals surface area contributed by atoms with Gasteiger partial charge in [-0.15, -0.1) is 11.3 Å². The van der Waals surface area contributed by atoms with Gasteiger partial charge in [0.05, 0.1) is 0 Å². The van der Waals surface area contributed by atoms with Crippen molar-refractivity contribution in [3.05, 3.63) is 74.7 Å². The number of aryl methyl sites for hydroxylation is 1. The van der Waals surface area contributed by atoms with Crippen LogP contribution in [0.15, 0.2) is 41.8 Å². The van der Waals surface area contributed by atoms with E-state index in [1.165, 1.54) is 21.7 Å². The number of nitrogens with zero attached hydrogens (tertiary/aromatic N) is 4. The van der Waals surface area contributed by atoms with Gasteiger partial charge in [-0.1, -0.05) is 30.3 Å². The fourth-order valence-electron chi connectivity index (χ4n) is 4.92. The van der Waals surface area contributed by atoms with Gasteiger partial charge in [-0.25, -0.2) is 0 Å². The number of likely N-dealkylation sites (N-methyl/N-ethyl adjacent to an activating group) is 1. The van der Waals surface area contributed by atoms with Crippen molar-refractivity contribution >= 4 is 17.2 Å². The molecule has 1 aliphatic carbocycles. The largest absolute Gasteiger partial charge is 0.333 e. The topological polar surface area (TPSA) is 41.4 Å². The summed E-state index contributed by atoms with van der Waals surface area (Å²) in [5.74, 6) is 0.0860. The number of thiophene rings is 1. The molecule has 5 nitrogen and oxygen atoms in total. The number of carbonyl (C=O) groups excluding carboxylic acids is 1. The molecule has 0 spiro atoms. The fraction of sp³-hybridized carbons (Fsp3) is 0.417. The molecule has 5 rings (SSSR count). The molecule has 0 bridgehead atoms. The Hall–Kier alpha value is -2.44. The zero-order chi connectivity index (χ0) is 20.7. The normalized spacial score (nSPS) is 18.4. The van der Waals surface area contributed by atoms with E-state index in [0.29, 0.717) is 18.3 Å². The predicted molar refractivity (Wildman–Crippen MR) is 120 cm³/mol. The van der Waals surface area contributed by atoms with Gasteiger partial charge in [0.15, 0.2) is 5.69 Å². The molecule has 3 heterocycles. The molecule has 1 aromatic carbocycles. The molecule has 0 radical (unpaired) electrons. The van der Waals surface area contributed by atoms with Crippen LogP contribution in [0.25, 0.3) is 0 Å². The lowest BCUT2D eigenvalue weighted by molar-refractivity contribution is 0.0726. The Morgan fingerprint density at radius 3 is 2.83 bits per heavy atom. The maximum atomic E-state index is 13.5. The molecule has 2 aliphatic rings. The van der Waals surface area contributed by atoms with Crippen LogP contribution in [0.1, 0.15) is 44.2 Å². The number of aromatic nitrogens is 2. The second kappa shape index (κ2) is 8.00. The quantitative estimate of drug-likeness (QED) is 0.647. The number of hydrogen-bond donors (Lipinski definition) is 0. The third-order valence-electron chi connectivity index (χ3n) is 6.66. The number of fused-ring (bicyclic) bond motifs is 2. The summed E-state index contributed by atoms with van der Waals surface area (Å²) in [6, 6.07) is 13.2. The molecule has 0 saturated heterocycles. The number of rotatable bonds is 4. The molecule has 0 N–H and O–H groups in total. The average molecular weight is 421 g/mol. The summed E-state index contributed by atoms with van der Waals surface area (Å²) in [5, 5.41) is 6.84. The minimum atomic E-state index is 0.0860. The zero-order valence-electron chi connectivity index (χ0n) is 17.7. The smallest absolute Gasteiger partial charge is 0.274 e. The molecule has 1 aliphatic heterocycles. The van der Waals surface area contributed by atoms with Crippen LogP contribution in [0.5, 0.6) is 0 Å². The molecular formula is C24H28N4OS. The van der Waals surface area contributed by atoms with Gasteiger partial charge in [0.2, 0.25) is 0 Å². The van der Waals surface area contributed by atoms with E-state index in [2.05, 4.69) is 53.7 Å². The van der Waals surface area contributed by atoms with E-state index in [4.69, 9.17) is 5.10 Å². The van der Waals surface area contributed by atoms with E-state index < -0.39 is 0 Å². The monoisotopic (exact) mass is 420 g/mol. The highest BCUT2D eigenvalue weighted by Crippen LogP contribution is 2.29. The Bertz CT molecular complexity index is 1060. The minimum Gasteiger partial charge on any atom is -0.333 e. The van der Waals surface area contributed by atoms with Crippen molar-refractivity contribution in [1.29, 1.82) is 0 Å². The van der Waals surface area contributed by atoms with E-state index in [1.54, 1.807) is 0 Å². The van der Waals surface area contributed by atoms with Crippen LogP contribution in [0.3, 0.4) is 0 Å². The van der Waals surface area contributed by atoms with Crippen molar-refractivity contribution in [3.63, 3.8) is 0 Å². The van der Waals surface area contributed by atoms with Crippen molar-refractivity contribution in [1.82, 2.24) is 19.6 Å². The van der Waals surface area contributed by atoms with Crippen molar-refractivity contribution < 1.29 is 4.79 Å². The standard InChI is InChI=1S/C24H28N4OS/c1-26(16-20-8-5-13-30-20)19-9-10-22-21(14-19)23(25-27(22)2)24(29)28-12-11-17-6-3-4-7-18(17)15-28/h3-8,13,19H,9-12,14-16H2,1-2H3. The number of amides is 1. The fourth-order valence-corrected chi connectivity index (χ4v) is 5.68. The van der Waals surface area contributed by atoms with Gasteiger partial charge >= 0.3 is 0 Å². The van der Waals surface area contributed by atoms with Crippen LogP contribution < -0.4 is 0 Å². The van der Waals surface area contributed by atoms with Crippen LogP contribution in [0.4, 0.5) is 0 Å². The first-order valence-corrected chi connectivity index (χ1v) is 11.6. The van der Waals surface area contributed by atoms with Crippen LogP contribution in [0, 0.1) is 0 Å². The Kier molecular flexibility index (Phi) is 5.21. The van der Waals surface area contributed by atoms with Crippen LogP contribution >= 0.6 is 11.3 Å². The molecular weight excluding hydrogens is 392 g/mol. The number of hydrogen-bond acceptors (Lipinski definition) is 4. The zero-order valence-corrected chi connectivity index (χ0v) is 18.5. The Balaban J connectivity index is 1.36. The van der Waals surface area contributed by atoms with E-state index >= 15 is 0 Å². The van der Waals surface area contributed by atoms with Gasteiger partial charge in [0.1, 0.15) is 0 Å². The van der Waals surface area contributed by atoms with Gasteiger partial charge in [0.25, 0.3) is 5.91 Å². The van der Waals surface area contributed by atoms with Crippen LogP contribution in [-0.4, -0.2) is 45.1 Å². The molecule has 2 aromatic heterocycles. The summed E-state index contributed by atoms with van der Waals surface area (Å²) in [7, 11) is 4.19. The lowest BCUT2D eigenvalue weighted by Gasteiger charge is -2.32. The van der Waals surface area contributed by atoms with Crippen LogP contribution in [0.2, 0.25) is 0 Å². The minimum absolute atomic E-state index is 0.0860. The maximum Gasteiger partial charge on any atom is 0.274 e. The summed E-state index contributed by atoms with van der Waals surface area (Å²) in [5.41, 5.74) is 5.68. The van der Waals surface area contributed by atoms with E-state index in [1.807, 2.05) is 28.0 Å². The molecule has 30 heavy (non-hydrogen) atoms. The first-order chi connectivity index (χ1) is 14.6. The summed E-state index contributed by atoms with van der Waals surface area (Å²) in [6.45, 7) is 2.41. The molecule has 0 fully saturated rings. The highest BCUT2D eigenvalue weighted by molar-refractivity contribution is 7.09. The van der Waals surface area contributed by atoms with E-state index in [9.17, 15) is 4.79 Å². The summed E-state index contributed by atoms with van der Waals surface area (Å²) in [6.07, 6.45) is 3.91. The first kappa shape index (κ1) is 19.5. The summed E-state index contributed by atoms with van der Waals surface area (Å²) in [4.78, 5) is 19.3. The van der Waals surface area contributed by atoms with Crippen LogP contribution in [-0.2, 0) is 39.4 Å². The first-order valence-electron chi connectivity index (χ1n) is 10.7. The molecule has 6 heteroatoms. The Morgan fingerprint density at radius 1 is 1.20 bits per heavy atom. The average Bonchev–Trinajstić information content (AvgIpc) is 3.40. The highest BCUT2D eigenvalue weighted by Gasteiger charge is 2.32. The van der Waals surface area contributed by atoms with E-state index in [-0.39, 0.29) is 5.91 Å². The Labute approximate surface area is 181 Å². The van der Waals surface area contributed by atoms with Crippen molar-refractivity contribution in [2.45, 2.75) is 44.8 Å². The third-order valence-corrected chi connectivity index (χ3v) is 7.52. The van der Waals surface area contributed by atoms with Crippen molar-refractivity contribution in [2.24, 2.45) is 7.05 Å². The summed E-state index contributed by atoms with van der Waals surface area (Å²) >= 11 is 1.81. The molecule has 0 saturated carbocycles. The second-order valence-corrected chi connectivity index (χ2v) is 9.57. The van der Waals surface area contributed by atoms with E-state index in [0.717, 1.165) is 44.3 Å². The van der Waals surface area contributed by atoms with Gasteiger partial charge in [-0.2, -0.15) is 5.10 Å². The van der Waals surface area contributed by atoms with Gasteiger partial charge in [-0.3, -0.25) is 14.4 Å². The second-order valence-electron chi connectivity index (χ2n) is 8.53. The molecule has 3 aromatic rings. The van der Waals surface area contributed by atoms with Gasteiger partial charge in [0, 0.05) is 48.9 Å². The van der Waals surface area contributed by atoms with Gasteiger partial charge in [-0.05, 0) is 55.3 Å². The van der Waals surface area contributed by atoms with Crippen molar-refractivity contribution in [3.8, 4) is 0 Å². The molecule has 1 amide bonds. The third kappa shape index (κ3) is 3.59. The number of carbonyl (C=O) groups is 1. The molecule has 1 atom stereocenters. The van der Waals surface area contributed by atoms with Crippen molar-refractivity contribution in [2.75, 3.05) is 13.6 Å². The molecule has 1 unspecified atom stereocenters. The lowest BCUT2D eigenvalue weighted by Crippen LogP contribution is -2.38. The maximum absolute atomic E-state index is 13.5. The highest BCUT2D eigenvalue weighted by atomic mass is 32.1.